The van der Waals surface area contributed by atoms with Gasteiger partial charge in [0.05, 0.1) is 0 Å². The van der Waals surface area contributed by atoms with Gasteiger partial charge in [0.1, 0.15) is 0 Å². The Bertz CT molecular complexity index is 327. The normalized spacial score (nSPS) is 33.2. The summed E-state index contributed by atoms with van der Waals surface area (Å²) in [6.45, 7) is 1.86. The fraction of sp³-hybridized carbons (Fsp3) is 0.933. The van der Waals surface area contributed by atoms with Gasteiger partial charge in [-0.15, -0.1) is 0 Å². The van der Waals surface area contributed by atoms with E-state index >= 15 is 0 Å². The molecule has 2 atom stereocenters. The van der Waals surface area contributed by atoms with Crippen LogP contribution in [0.1, 0.15) is 51.4 Å². The molecule has 0 radical (unpaired) electrons. The first-order valence-electron chi connectivity index (χ1n) is 8.01. The number of nitrogens with zero attached hydrogens (tertiary/aromatic N) is 2. The second-order valence-corrected chi connectivity index (χ2v) is 6.57. The summed E-state index contributed by atoms with van der Waals surface area (Å²) in [5.41, 5.74) is 0. The number of rotatable bonds is 1. The second kappa shape index (κ2) is 5.70. The van der Waals surface area contributed by atoms with Gasteiger partial charge in [0.15, 0.2) is 0 Å². The molecule has 0 spiro atoms. The minimum Gasteiger partial charge on any atom is -0.335 e. The summed E-state index contributed by atoms with van der Waals surface area (Å²) in [4.78, 5) is 17.0. The lowest BCUT2D eigenvalue weighted by molar-refractivity contribution is 0.181. The Labute approximate surface area is 116 Å². The topological polar surface area (TPSA) is 35.6 Å². The average molecular weight is 265 g/mol. The van der Waals surface area contributed by atoms with Crippen molar-refractivity contribution in [2.45, 2.75) is 69.5 Å². The lowest BCUT2D eigenvalue weighted by Crippen LogP contribution is -2.48. The van der Waals surface area contributed by atoms with Crippen LogP contribution in [0.4, 0.5) is 4.79 Å². The van der Waals surface area contributed by atoms with Gasteiger partial charge in [0.25, 0.3) is 0 Å². The zero-order valence-electron chi connectivity index (χ0n) is 12.1. The Balaban J connectivity index is 1.55. The third-order valence-corrected chi connectivity index (χ3v) is 5.37. The van der Waals surface area contributed by atoms with E-state index < -0.39 is 0 Å². The van der Waals surface area contributed by atoms with Crippen LogP contribution in [0.3, 0.4) is 0 Å². The lowest BCUT2D eigenvalue weighted by atomic mass is 9.96. The molecule has 4 heteroatoms. The maximum atomic E-state index is 12.4. The number of nitrogens with one attached hydrogen (secondary N) is 1. The third-order valence-electron chi connectivity index (χ3n) is 5.37. The number of carbonyl (C=O) groups excluding carboxylic acids is 1. The highest BCUT2D eigenvalue weighted by atomic mass is 16.2. The van der Waals surface area contributed by atoms with E-state index in [0.717, 1.165) is 19.5 Å². The summed E-state index contributed by atoms with van der Waals surface area (Å²) in [5, 5.41) is 3.26. The highest BCUT2D eigenvalue weighted by molar-refractivity contribution is 5.74. The molecule has 3 rings (SSSR count). The van der Waals surface area contributed by atoms with Crippen molar-refractivity contribution in [1.29, 1.82) is 0 Å². The smallest absolute Gasteiger partial charge is 0.317 e. The van der Waals surface area contributed by atoms with Crippen LogP contribution in [0.5, 0.6) is 0 Å². The van der Waals surface area contributed by atoms with E-state index in [4.69, 9.17) is 0 Å². The molecule has 3 fully saturated rings. The van der Waals surface area contributed by atoms with Crippen LogP contribution in [-0.2, 0) is 0 Å². The second-order valence-electron chi connectivity index (χ2n) is 6.57. The molecule has 2 amide bonds. The molecule has 0 aromatic rings. The molecule has 2 heterocycles. The van der Waals surface area contributed by atoms with Crippen molar-refractivity contribution < 1.29 is 4.79 Å². The number of likely N-dealkylation sites (tertiary alicyclic amines) is 1. The van der Waals surface area contributed by atoms with E-state index in [9.17, 15) is 4.79 Å². The number of amides is 2. The largest absolute Gasteiger partial charge is 0.335 e. The molecular formula is C15H27N3O. The van der Waals surface area contributed by atoms with Crippen molar-refractivity contribution in [3.63, 3.8) is 0 Å². The number of urea groups is 1. The van der Waals surface area contributed by atoms with E-state index in [-0.39, 0.29) is 6.03 Å². The molecule has 2 bridgehead atoms. The zero-order chi connectivity index (χ0) is 13.2. The van der Waals surface area contributed by atoms with Gasteiger partial charge >= 0.3 is 6.03 Å². The van der Waals surface area contributed by atoms with Gasteiger partial charge in [0, 0.05) is 31.2 Å². The Morgan fingerprint density at radius 2 is 1.74 bits per heavy atom. The van der Waals surface area contributed by atoms with Crippen molar-refractivity contribution in [2.75, 3.05) is 20.1 Å². The van der Waals surface area contributed by atoms with Gasteiger partial charge in [-0.3, -0.25) is 4.90 Å². The van der Waals surface area contributed by atoms with Gasteiger partial charge < -0.3 is 10.2 Å². The summed E-state index contributed by atoms with van der Waals surface area (Å²) >= 11 is 0. The monoisotopic (exact) mass is 265 g/mol. The molecule has 2 unspecified atom stereocenters. The first-order chi connectivity index (χ1) is 9.24. The van der Waals surface area contributed by atoms with Crippen molar-refractivity contribution in [3.05, 3.63) is 0 Å². The summed E-state index contributed by atoms with van der Waals surface area (Å²) < 4.78 is 0. The fourth-order valence-electron chi connectivity index (χ4n) is 4.01. The Hall–Kier alpha value is -0.770. The van der Waals surface area contributed by atoms with Crippen LogP contribution in [0.15, 0.2) is 0 Å². The predicted molar refractivity (Wildman–Crippen MR) is 76.2 cm³/mol. The number of carbonyl (C=O) groups is 1. The summed E-state index contributed by atoms with van der Waals surface area (Å²) in [7, 11) is 2.23. The third kappa shape index (κ3) is 2.88. The molecule has 19 heavy (non-hydrogen) atoms. The van der Waals surface area contributed by atoms with Gasteiger partial charge in [0.2, 0.25) is 0 Å². The van der Waals surface area contributed by atoms with Crippen LogP contribution in [0.2, 0.25) is 0 Å². The molecule has 108 valence electrons. The molecule has 1 aliphatic carbocycles. The zero-order valence-corrected chi connectivity index (χ0v) is 12.1. The Morgan fingerprint density at radius 3 is 2.53 bits per heavy atom. The molecule has 2 saturated heterocycles. The Kier molecular flexibility index (Phi) is 3.96. The first-order valence-corrected chi connectivity index (χ1v) is 8.01. The summed E-state index contributed by atoms with van der Waals surface area (Å²) in [6, 6.07) is 1.91. The van der Waals surface area contributed by atoms with E-state index in [1.54, 1.807) is 0 Å². The maximum Gasteiger partial charge on any atom is 0.317 e. The molecule has 0 aromatic heterocycles. The SMILES string of the molecule is CN1C2CCC1CN(C(=O)NC1CCCCC1)CC2. The molecule has 1 N–H and O–H groups in total. The van der Waals surface area contributed by atoms with E-state index in [2.05, 4.69) is 22.2 Å². The number of likely N-dealkylation sites (N-methyl/N-ethyl adjacent to an activating group) is 1. The van der Waals surface area contributed by atoms with Gasteiger partial charge in [-0.1, -0.05) is 19.3 Å². The molecule has 1 saturated carbocycles. The molecule has 0 aromatic carbocycles. The average Bonchev–Trinajstić information content (AvgIpc) is 2.64. The van der Waals surface area contributed by atoms with E-state index in [0.29, 0.717) is 18.1 Å². The summed E-state index contributed by atoms with van der Waals surface area (Å²) in [6.07, 6.45) is 9.96. The van der Waals surface area contributed by atoms with E-state index in [1.807, 2.05) is 0 Å². The Morgan fingerprint density at radius 1 is 1.00 bits per heavy atom. The van der Waals surface area contributed by atoms with Crippen molar-refractivity contribution in [1.82, 2.24) is 15.1 Å². The van der Waals surface area contributed by atoms with Crippen LogP contribution >= 0.6 is 0 Å². The van der Waals surface area contributed by atoms with Crippen LogP contribution in [-0.4, -0.2) is 54.1 Å². The quantitative estimate of drug-likeness (QED) is 0.789. The van der Waals surface area contributed by atoms with Crippen LogP contribution < -0.4 is 5.32 Å². The molecular weight excluding hydrogens is 238 g/mol. The highest BCUT2D eigenvalue weighted by Gasteiger charge is 2.36. The van der Waals surface area contributed by atoms with Gasteiger partial charge in [-0.05, 0) is 39.2 Å². The minimum atomic E-state index is 0.188. The molecule has 2 aliphatic heterocycles. The number of fused-ring (bicyclic) bond motifs is 2. The molecule has 3 aliphatic rings. The first kappa shape index (κ1) is 13.2. The standard InChI is InChI=1S/C15H27N3O/c1-17-13-7-8-14(17)11-18(10-9-13)15(19)16-12-5-3-2-4-6-12/h12-14H,2-11H2,1H3,(H,16,19). The minimum absolute atomic E-state index is 0.188. The number of hydrogen-bond donors (Lipinski definition) is 1. The van der Waals surface area contributed by atoms with Gasteiger partial charge in [-0.2, -0.15) is 0 Å². The van der Waals surface area contributed by atoms with Crippen LogP contribution in [0, 0.1) is 0 Å². The van der Waals surface area contributed by atoms with Gasteiger partial charge in [-0.25, -0.2) is 4.79 Å². The predicted octanol–water partition coefficient (Wildman–Crippen LogP) is 2.20. The highest BCUT2D eigenvalue weighted by Crippen LogP contribution is 2.28. The fourth-order valence-corrected chi connectivity index (χ4v) is 4.01. The van der Waals surface area contributed by atoms with Crippen molar-refractivity contribution in [2.24, 2.45) is 0 Å². The molecule has 4 nitrogen and oxygen atoms in total. The van der Waals surface area contributed by atoms with Crippen LogP contribution in [0.25, 0.3) is 0 Å². The van der Waals surface area contributed by atoms with Crippen molar-refractivity contribution in [3.8, 4) is 0 Å². The summed E-state index contributed by atoms with van der Waals surface area (Å²) in [5.74, 6) is 0. The van der Waals surface area contributed by atoms with E-state index in [1.165, 1.54) is 44.9 Å². The lowest BCUT2D eigenvalue weighted by Gasteiger charge is -2.29. The van der Waals surface area contributed by atoms with Crippen molar-refractivity contribution >= 4 is 6.03 Å². The number of hydrogen-bond acceptors (Lipinski definition) is 2. The maximum absolute atomic E-state index is 12.4.